The second kappa shape index (κ2) is 8.79. The van der Waals surface area contributed by atoms with E-state index >= 15 is 0 Å². The van der Waals surface area contributed by atoms with Crippen molar-refractivity contribution in [1.82, 2.24) is 34.0 Å². The maximum atomic E-state index is 13.2. The van der Waals surface area contributed by atoms with Gasteiger partial charge in [0.15, 0.2) is 5.65 Å². The summed E-state index contributed by atoms with van der Waals surface area (Å²) < 4.78 is 42.6. The first-order valence-corrected chi connectivity index (χ1v) is 12.3. The van der Waals surface area contributed by atoms with Gasteiger partial charge < -0.3 is 10.0 Å². The molecule has 0 spiro atoms. The van der Waals surface area contributed by atoms with E-state index in [1.165, 1.54) is 21.8 Å². The van der Waals surface area contributed by atoms with Gasteiger partial charge in [-0.3, -0.25) is 14.2 Å². The van der Waals surface area contributed by atoms with Crippen LogP contribution in [-0.2, 0) is 17.5 Å². The Kier molecular flexibility index (Phi) is 5.63. The van der Waals surface area contributed by atoms with Crippen molar-refractivity contribution in [3.8, 4) is 11.4 Å². The Balaban J connectivity index is 1.20. The maximum Gasteiger partial charge on any atom is 0.419 e. The van der Waals surface area contributed by atoms with Gasteiger partial charge in [-0.1, -0.05) is 0 Å². The minimum absolute atomic E-state index is 0.0594. The largest absolute Gasteiger partial charge is 0.419 e. The Labute approximate surface area is 213 Å². The number of aliphatic hydroxyl groups is 1. The van der Waals surface area contributed by atoms with E-state index in [0.717, 1.165) is 29.9 Å². The van der Waals surface area contributed by atoms with Gasteiger partial charge in [0.1, 0.15) is 11.7 Å². The lowest BCUT2D eigenvalue weighted by atomic mass is 9.91. The predicted octanol–water partition coefficient (Wildman–Crippen LogP) is 2.55. The standard InChI is InChI=1S/C25H24F3N7O3/c26-25(27,28)17-11-30-34(13-17)18-3-5-19(6-4-18)35-21-20(12-31-35)23(37)33(15-29-21)14-24(38)7-9-32(10-8-24)22(36)16-1-2-16/h3-6,11-13,15-16,38H,1-2,7-10,14H2. The summed E-state index contributed by atoms with van der Waals surface area (Å²) in [6.07, 6.45) is 2.59. The quantitative estimate of drug-likeness (QED) is 0.427. The molecule has 1 aromatic carbocycles. The highest BCUT2D eigenvalue weighted by Crippen LogP contribution is 2.33. The molecule has 2 aliphatic rings. The number of amides is 1. The van der Waals surface area contributed by atoms with Crippen LogP contribution in [0.1, 0.15) is 31.2 Å². The molecule has 1 aliphatic carbocycles. The number of fused-ring (bicyclic) bond motifs is 1. The average molecular weight is 528 g/mol. The highest BCUT2D eigenvalue weighted by Gasteiger charge is 2.39. The first kappa shape index (κ1) is 24.3. The van der Waals surface area contributed by atoms with Crippen molar-refractivity contribution in [3.05, 3.63) is 65.1 Å². The summed E-state index contributed by atoms with van der Waals surface area (Å²) in [5, 5.41) is 19.4. The summed E-state index contributed by atoms with van der Waals surface area (Å²) in [5.74, 6) is 0.291. The molecular formula is C25H24F3N7O3. The lowest BCUT2D eigenvalue weighted by Crippen LogP contribution is -2.50. The molecule has 1 saturated carbocycles. The van der Waals surface area contributed by atoms with E-state index in [9.17, 15) is 27.9 Å². The fourth-order valence-electron chi connectivity index (χ4n) is 4.81. The second-order valence-electron chi connectivity index (χ2n) is 9.98. The van der Waals surface area contributed by atoms with Crippen LogP contribution in [0.5, 0.6) is 0 Å². The normalized spacial score (nSPS) is 17.7. The number of rotatable bonds is 5. The molecule has 13 heteroatoms. The van der Waals surface area contributed by atoms with Crippen LogP contribution in [0.2, 0.25) is 0 Å². The van der Waals surface area contributed by atoms with Crippen molar-refractivity contribution in [2.75, 3.05) is 13.1 Å². The number of likely N-dealkylation sites (tertiary alicyclic amines) is 1. The van der Waals surface area contributed by atoms with Gasteiger partial charge in [-0.15, -0.1) is 0 Å². The maximum absolute atomic E-state index is 13.2. The molecule has 1 saturated heterocycles. The number of piperidine rings is 1. The molecule has 2 fully saturated rings. The molecule has 4 heterocycles. The van der Waals surface area contributed by atoms with E-state index in [1.807, 2.05) is 0 Å². The van der Waals surface area contributed by atoms with Gasteiger partial charge in [0.2, 0.25) is 5.91 Å². The third kappa shape index (κ3) is 4.46. The molecule has 0 atom stereocenters. The molecule has 198 valence electrons. The minimum Gasteiger partial charge on any atom is -0.388 e. The van der Waals surface area contributed by atoms with Crippen LogP contribution >= 0.6 is 0 Å². The summed E-state index contributed by atoms with van der Waals surface area (Å²) in [6.45, 7) is 0.977. The Morgan fingerprint density at radius 3 is 2.37 bits per heavy atom. The first-order valence-electron chi connectivity index (χ1n) is 12.3. The van der Waals surface area contributed by atoms with E-state index < -0.39 is 17.3 Å². The van der Waals surface area contributed by atoms with Crippen LogP contribution in [0.4, 0.5) is 13.2 Å². The Morgan fingerprint density at radius 2 is 1.74 bits per heavy atom. The molecule has 1 N–H and O–H groups in total. The van der Waals surface area contributed by atoms with Crippen LogP contribution in [0.25, 0.3) is 22.4 Å². The van der Waals surface area contributed by atoms with Gasteiger partial charge in [-0.2, -0.15) is 23.4 Å². The lowest BCUT2D eigenvalue weighted by Gasteiger charge is -2.38. The fraction of sp³-hybridized carbons (Fsp3) is 0.400. The predicted molar refractivity (Wildman–Crippen MR) is 129 cm³/mol. The number of hydrogen-bond acceptors (Lipinski definition) is 6. The van der Waals surface area contributed by atoms with Crippen LogP contribution in [0, 0.1) is 5.92 Å². The summed E-state index contributed by atoms with van der Waals surface area (Å²) >= 11 is 0. The summed E-state index contributed by atoms with van der Waals surface area (Å²) in [4.78, 5) is 31.7. The first-order chi connectivity index (χ1) is 18.1. The zero-order valence-corrected chi connectivity index (χ0v) is 20.2. The molecule has 1 aliphatic heterocycles. The molecule has 0 radical (unpaired) electrons. The zero-order valence-electron chi connectivity index (χ0n) is 20.2. The molecule has 6 rings (SSSR count). The van der Waals surface area contributed by atoms with Gasteiger partial charge in [-0.25, -0.2) is 14.3 Å². The number of hydrogen-bond donors (Lipinski definition) is 1. The molecule has 0 unspecified atom stereocenters. The summed E-state index contributed by atoms with van der Waals surface area (Å²) in [5.41, 5.74) is -1.02. The Hall–Kier alpha value is -4.00. The van der Waals surface area contributed by atoms with Crippen molar-refractivity contribution in [2.45, 2.75) is 44.0 Å². The van der Waals surface area contributed by atoms with E-state index in [4.69, 9.17) is 0 Å². The molecule has 38 heavy (non-hydrogen) atoms. The number of carbonyl (C=O) groups excluding carboxylic acids is 1. The smallest absolute Gasteiger partial charge is 0.388 e. The number of carbonyl (C=O) groups is 1. The average Bonchev–Trinajstić information content (AvgIpc) is 3.44. The lowest BCUT2D eigenvalue weighted by molar-refractivity contribution is -0.138. The summed E-state index contributed by atoms with van der Waals surface area (Å²) in [6, 6.07) is 6.47. The zero-order chi connectivity index (χ0) is 26.7. The molecule has 10 nitrogen and oxygen atoms in total. The van der Waals surface area contributed by atoms with Crippen LogP contribution in [0.15, 0.2) is 54.0 Å². The van der Waals surface area contributed by atoms with Gasteiger partial charge >= 0.3 is 6.18 Å². The third-order valence-electron chi connectivity index (χ3n) is 7.22. The number of halogens is 3. The molecule has 0 bridgehead atoms. The van der Waals surface area contributed by atoms with Crippen molar-refractivity contribution >= 4 is 16.9 Å². The molecule has 1 amide bonds. The number of nitrogens with zero attached hydrogens (tertiary/aromatic N) is 7. The summed E-state index contributed by atoms with van der Waals surface area (Å²) in [7, 11) is 0. The van der Waals surface area contributed by atoms with Gasteiger partial charge in [0, 0.05) is 25.2 Å². The topological polar surface area (TPSA) is 111 Å². The van der Waals surface area contributed by atoms with Crippen LogP contribution < -0.4 is 5.56 Å². The second-order valence-corrected chi connectivity index (χ2v) is 9.98. The SMILES string of the molecule is O=C(C1CC1)N1CCC(O)(Cn2cnc3c(cnn3-c3ccc(-n4cc(C(F)(F)F)cn4)cc3)c2=O)CC1. The van der Waals surface area contributed by atoms with E-state index in [2.05, 4.69) is 15.2 Å². The van der Waals surface area contributed by atoms with Gasteiger partial charge in [0.05, 0.1) is 41.5 Å². The van der Waals surface area contributed by atoms with Crippen molar-refractivity contribution in [2.24, 2.45) is 5.92 Å². The number of aromatic nitrogens is 6. The van der Waals surface area contributed by atoms with E-state index in [1.54, 1.807) is 29.2 Å². The monoisotopic (exact) mass is 527 g/mol. The fourth-order valence-corrected chi connectivity index (χ4v) is 4.81. The van der Waals surface area contributed by atoms with Crippen LogP contribution in [-0.4, -0.2) is 63.7 Å². The minimum atomic E-state index is -4.48. The van der Waals surface area contributed by atoms with Crippen molar-refractivity contribution in [3.63, 3.8) is 0 Å². The van der Waals surface area contributed by atoms with Crippen molar-refractivity contribution in [1.29, 1.82) is 0 Å². The van der Waals surface area contributed by atoms with Crippen molar-refractivity contribution < 1.29 is 23.1 Å². The number of alkyl halides is 3. The van der Waals surface area contributed by atoms with E-state index in [0.29, 0.717) is 43.0 Å². The third-order valence-corrected chi connectivity index (χ3v) is 7.22. The molecule has 4 aromatic rings. The highest BCUT2D eigenvalue weighted by molar-refractivity contribution is 5.81. The van der Waals surface area contributed by atoms with Gasteiger partial charge in [-0.05, 0) is 49.9 Å². The number of benzene rings is 1. The van der Waals surface area contributed by atoms with E-state index in [-0.39, 0.29) is 29.3 Å². The highest BCUT2D eigenvalue weighted by atomic mass is 19.4. The van der Waals surface area contributed by atoms with Gasteiger partial charge in [0.25, 0.3) is 5.56 Å². The Bertz CT molecular complexity index is 1560. The molecule has 3 aromatic heterocycles. The Morgan fingerprint density at radius 1 is 1.05 bits per heavy atom. The molecular weight excluding hydrogens is 503 g/mol. The van der Waals surface area contributed by atoms with Crippen LogP contribution in [0.3, 0.4) is 0 Å².